The van der Waals surface area contributed by atoms with Gasteiger partial charge in [-0.15, -0.1) is 0 Å². The van der Waals surface area contributed by atoms with Gasteiger partial charge in [0.15, 0.2) is 11.3 Å². The molecule has 4 rings (SSSR count). The Kier molecular flexibility index (Phi) is 6.35. The summed E-state index contributed by atoms with van der Waals surface area (Å²) < 4.78 is 1.94. The molecule has 158 valence electrons. The molecule has 30 heavy (non-hydrogen) atoms. The van der Waals surface area contributed by atoms with E-state index < -0.39 is 0 Å². The van der Waals surface area contributed by atoms with Crippen molar-refractivity contribution >= 4 is 11.6 Å². The first-order valence-electron chi connectivity index (χ1n) is 10.5. The molecule has 1 fully saturated rings. The van der Waals surface area contributed by atoms with Crippen molar-refractivity contribution in [3.05, 3.63) is 60.1 Å². The van der Waals surface area contributed by atoms with Crippen LogP contribution in [0.1, 0.15) is 53.8 Å². The van der Waals surface area contributed by atoms with Gasteiger partial charge in [-0.3, -0.25) is 19.1 Å². The lowest BCUT2D eigenvalue weighted by molar-refractivity contribution is 0.0912. The number of amides is 1. The number of nitrogens with one attached hydrogen (secondary N) is 1. The summed E-state index contributed by atoms with van der Waals surface area (Å²) in [4.78, 5) is 28.0. The second-order valence-corrected chi connectivity index (χ2v) is 7.83. The standard InChI is InChI=1S/C22H28N6O2/c1-2-18(14-29)26-22(30)20-21-24-9-5-19(28(21)15-25-20)17-6-10-27(11-7-17)13-16-4-3-8-23-12-16/h3-5,8-9,12,15,17-18,29H,2,6-7,10-11,13-14H2,1H3,(H,26,30)/t18-/m0/s1. The van der Waals surface area contributed by atoms with Gasteiger partial charge in [0.05, 0.1) is 12.6 Å². The van der Waals surface area contributed by atoms with Crippen molar-refractivity contribution < 1.29 is 9.90 Å². The molecule has 8 heteroatoms. The normalized spacial score (nSPS) is 16.6. The van der Waals surface area contributed by atoms with Gasteiger partial charge in [0.25, 0.3) is 5.91 Å². The molecule has 1 saturated heterocycles. The highest BCUT2D eigenvalue weighted by molar-refractivity contribution is 5.98. The Hall–Kier alpha value is -2.84. The zero-order chi connectivity index (χ0) is 20.9. The Balaban J connectivity index is 1.46. The predicted molar refractivity (Wildman–Crippen MR) is 113 cm³/mol. The van der Waals surface area contributed by atoms with Crippen LogP contribution in [0.15, 0.2) is 43.1 Å². The number of imidazole rings is 1. The molecule has 0 bridgehead atoms. The summed E-state index contributed by atoms with van der Waals surface area (Å²) in [6.07, 6.45) is 9.92. The van der Waals surface area contributed by atoms with Crippen molar-refractivity contribution in [2.24, 2.45) is 0 Å². The minimum absolute atomic E-state index is 0.0929. The van der Waals surface area contributed by atoms with E-state index in [1.165, 1.54) is 5.56 Å². The number of carbonyl (C=O) groups excluding carboxylic acids is 1. The maximum Gasteiger partial charge on any atom is 0.274 e. The topological polar surface area (TPSA) is 95.6 Å². The van der Waals surface area contributed by atoms with E-state index in [2.05, 4.69) is 31.2 Å². The summed E-state index contributed by atoms with van der Waals surface area (Å²) >= 11 is 0. The maximum atomic E-state index is 12.6. The van der Waals surface area contributed by atoms with E-state index in [-0.39, 0.29) is 18.6 Å². The van der Waals surface area contributed by atoms with Crippen LogP contribution in [-0.4, -0.2) is 61.0 Å². The van der Waals surface area contributed by atoms with Crippen molar-refractivity contribution in [2.75, 3.05) is 19.7 Å². The largest absolute Gasteiger partial charge is 0.394 e. The summed E-state index contributed by atoms with van der Waals surface area (Å²) in [5.41, 5.74) is 3.25. The Morgan fingerprint density at radius 3 is 2.80 bits per heavy atom. The third-order valence-electron chi connectivity index (χ3n) is 5.86. The number of hydrogen-bond acceptors (Lipinski definition) is 6. The fraction of sp³-hybridized carbons (Fsp3) is 0.455. The second kappa shape index (κ2) is 9.32. The number of likely N-dealkylation sites (tertiary alicyclic amines) is 1. The molecular weight excluding hydrogens is 380 g/mol. The number of aromatic nitrogens is 4. The van der Waals surface area contributed by atoms with Gasteiger partial charge < -0.3 is 10.4 Å². The van der Waals surface area contributed by atoms with Crippen LogP contribution in [0.4, 0.5) is 0 Å². The Labute approximate surface area is 176 Å². The van der Waals surface area contributed by atoms with Crippen molar-refractivity contribution in [1.82, 2.24) is 29.6 Å². The lowest BCUT2D eigenvalue weighted by Crippen LogP contribution is -2.37. The maximum absolute atomic E-state index is 12.6. The monoisotopic (exact) mass is 408 g/mol. The quantitative estimate of drug-likeness (QED) is 0.621. The van der Waals surface area contributed by atoms with Crippen LogP contribution in [0, 0.1) is 0 Å². The first-order chi connectivity index (χ1) is 14.7. The molecular formula is C22H28N6O2. The Bertz CT molecular complexity index is 978. The molecule has 1 aliphatic heterocycles. The number of fused-ring (bicyclic) bond motifs is 1. The molecule has 2 N–H and O–H groups in total. The predicted octanol–water partition coefficient (Wildman–Crippen LogP) is 2.00. The van der Waals surface area contributed by atoms with Crippen molar-refractivity contribution in [1.29, 1.82) is 0 Å². The van der Waals surface area contributed by atoms with Crippen molar-refractivity contribution in [2.45, 2.75) is 44.7 Å². The van der Waals surface area contributed by atoms with E-state index in [4.69, 9.17) is 0 Å². The van der Waals surface area contributed by atoms with Gasteiger partial charge >= 0.3 is 0 Å². The van der Waals surface area contributed by atoms with Gasteiger partial charge in [-0.05, 0) is 50.0 Å². The molecule has 3 aromatic rings. The van der Waals surface area contributed by atoms with Gasteiger partial charge in [0, 0.05) is 36.7 Å². The number of nitrogens with zero attached hydrogens (tertiary/aromatic N) is 5. The van der Waals surface area contributed by atoms with E-state index in [9.17, 15) is 9.90 Å². The lowest BCUT2D eigenvalue weighted by Gasteiger charge is -2.32. The highest BCUT2D eigenvalue weighted by Gasteiger charge is 2.25. The molecule has 0 spiro atoms. The van der Waals surface area contributed by atoms with Gasteiger partial charge in [-0.1, -0.05) is 13.0 Å². The Morgan fingerprint density at radius 1 is 1.27 bits per heavy atom. The van der Waals surface area contributed by atoms with Crippen LogP contribution in [0.25, 0.3) is 5.65 Å². The molecule has 0 aromatic carbocycles. The zero-order valence-electron chi connectivity index (χ0n) is 17.2. The fourth-order valence-electron chi connectivity index (χ4n) is 4.08. The molecule has 8 nitrogen and oxygen atoms in total. The molecule has 4 heterocycles. The summed E-state index contributed by atoms with van der Waals surface area (Å²) in [6.45, 7) is 4.78. The average Bonchev–Trinajstić information content (AvgIpc) is 3.23. The van der Waals surface area contributed by atoms with E-state index in [0.29, 0.717) is 23.7 Å². The van der Waals surface area contributed by atoms with E-state index in [1.54, 1.807) is 18.7 Å². The lowest BCUT2D eigenvalue weighted by atomic mass is 9.93. The van der Waals surface area contributed by atoms with Crippen LogP contribution in [-0.2, 0) is 6.54 Å². The number of hydrogen-bond donors (Lipinski definition) is 2. The summed E-state index contributed by atoms with van der Waals surface area (Å²) in [5.74, 6) is 0.0981. The number of carbonyl (C=O) groups is 1. The number of aliphatic hydroxyl groups is 1. The molecule has 0 saturated carbocycles. The SMILES string of the molecule is CC[C@@H](CO)NC(=O)c1ncn2c(C3CCN(Cc4cccnc4)CC3)ccnc12. The third kappa shape index (κ3) is 4.34. The fourth-order valence-corrected chi connectivity index (χ4v) is 4.08. The summed E-state index contributed by atoms with van der Waals surface area (Å²) in [6, 6.07) is 5.84. The van der Waals surface area contributed by atoms with E-state index >= 15 is 0 Å². The van der Waals surface area contributed by atoms with E-state index in [0.717, 1.165) is 38.2 Å². The molecule has 3 aromatic heterocycles. The highest BCUT2D eigenvalue weighted by atomic mass is 16.3. The van der Waals surface area contributed by atoms with Crippen LogP contribution in [0.2, 0.25) is 0 Å². The second-order valence-electron chi connectivity index (χ2n) is 7.83. The summed E-state index contributed by atoms with van der Waals surface area (Å²) in [5, 5.41) is 12.2. The molecule has 0 radical (unpaired) electrons. The number of aliphatic hydroxyl groups excluding tert-OH is 1. The van der Waals surface area contributed by atoms with Gasteiger partial charge in [0.1, 0.15) is 6.33 Å². The number of rotatable bonds is 7. The average molecular weight is 409 g/mol. The summed E-state index contributed by atoms with van der Waals surface area (Å²) in [7, 11) is 0. The number of pyridine rings is 1. The minimum Gasteiger partial charge on any atom is -0.394 e. The highest BCUT2D eigenvalue weighted by Crippen LogP contribution is 2.29. The van der Waals surface area contributed by atoms with Crippen LogP contribution in [0.3, 0.4) is 0 Å². The molecule has 1 atom stereocenters. The third-order valence-corrected chi connectivity index (χ3v) is 5.86. The first-order valence-corrected chi connectivity index (χ1v) is 10.5. The molecule has 0 unspecified atom stereocenters. The smallest absolute Gasteiger partial charge is 0.274 e. The van der Waals surface area contributed by atoms with Gasteiger partial charge in [-0.25, -0.2) is 9.97 Å². The molecule has 0 aliphatic carbocycles. The Morgan fingerprint density at radius 2 is 2.10 bits per heavy atom. The molecule has 1 amide bonds. The number of piperidine rings is 1. The minimum atomic E-state index is -0.297. The van der Waals surface area contributed by atoms with Crippen molar-refractivity contribution in [3.63, 3.8) is 0 Å². The zero-order valence-corrected chi connectivity index (χ0v) is 17.2. The first kappa shape index (κ1) is 20.4. The van der Waals surface area contributed by atoms with Crippen LogP contribution in [0.5, 0.6) is 0 Å². The van der Waals surface area contributed by atoms with Crippen LogP contribution < -0.4 is 5.32 Å². The molecule has 1 aliphatic rings. The van der Waals surface area contributed by atoms with E-state index in [1.807, 2.05) is 29.7 Å². The van der Waals surface area contributed by atoms with Crippen LogP contribution >= 0.6 is 0 Å². The van der Waals surface area contributed by atoms with Gasteiger partial charge in [-0.2, -0.15) is 0 Å². The van der Waals surface area contributed by atoms with Gasteiger partial charge in [0.2, 0.25) is 0 Å². The van der Waals surface area contributed by atoms with Crippen molar-refractivity contribution in [3.8, 4) is 0 Å².